The fraction of sp³-hybridized carbons (Fsp3) is 1.00. The lowest BCUT2D eigenvalue weighted by atomic mass is 10.3. The third kappa shape index (κ3) is 3.98. The van der Waals surface area contributed by atoms with Gasteiger partial charge in [0.05, 0.1) is 0 Å². The molecule has 0 amide bonds. The predicted molar refractivity (Wildman–Crippen MR) is 27.4 cm³/mol. The lowest BCUT2D eigenvalue weighted by Gasteiger charge is -2.04. The van der Waals surface area contributed by atoms with Crippen molar-refractivity contribution in [2.75, 3.05) is 20.1 Å². The summed E-state index contributed by atoms with van der Waals surface area (Å²) in [6, 6.07) is 0. The van der Waals surface area contributed by atoms with E-state index in [1.54, 1.807) is 11.9 Å². The van der Waals surface area contributed by atoms with Crippen molar-refractivity contribution >= 4 is 7.98 Å². The molecule has 0 fully saturated rings. The Bertz CT molecular complexity index is 30.0. The van der Waals surface area contributed by atoms with Gasteiger partial charge in [0.2, 0.25) is 0 Å². The van der Waals surface area contributed by atoms with E-state index in [4.69, 9.17) is 13.7 Å². The third-order valence-electron chi connectivity index (χ3n) is 0.482. The molecule has 2 nitrogen and oxygen atoms in total. The molecule has 3 heteroatoms. The highest BCUT2D eigenvalue weighted by molar-refractivity contribution is 6.04. The second kappa shape index (κ2) is 3.19. The summed E-state index contributed by atoms with van der Waals surface area (Å²) in [5.41, 5.74) is 5.11. The van der Waals surface area contributed by atoms with Crippen LogP contribution in [0.2, 0.25) is 0 Å². The van der Waals surface area contributed by atoms with Gasteiger partial charge in [0, 0.05) is 6.54 Å². The molecule has 6 heavy (non-hydrogen) atoms. The van der Waals surface area contributed by atoms with Crippen molar-refractivity contribution in [3.8, 4) is 0 Å². The van der Waals surface area contributed by atoms with E-state index < -0.39 is 0 Å². The monoisotopic (exact) mass is 84.1 g/mol. The van der Waals surface area contributed by atoms with Crippen LogP contribution in [-0.2, 0) is 0 Å². The van der Waals surface area contributed by atoms with E-state index in [-0.39, 0.29) is 0 Å². The topological polar surface area (TPSA) is 29.3 Å². The zero-order chi connectivity index (χ0) is 4.99. The minimum atomic E-state index is 0.632. The van der Waals surface area contributed by atoms with Crippen molar-refractivity contribution < 1.29 is 0 Å². The number of rotatable bonds is 2. The van der Waals surface area contributed by atoms with Crippen LogP contribution in [0.15, 0.2) is 0 Å². The van der Waals surface area contributed by atoms with Gasteiger partial charge in [-0.2, -0.15) is 0 Å². The van der Waals surface area contributed by atoms with Gasteiger partial charge in [0.15, 0.2) is 7.98 Å². The first-order valence-corrected chi connectivity index (χ1v) is 1.93. The summed E-state index contributed by atoms with van der Waals surface area (Å²) >= 11 is 0. The number of nitrogens with two attached hydrogens (primary N) is 1. The van der Waals surface area contributed by atoms with E-state index in [2.05, 4.69) is 0 Å². The van der Waals surface area contributed by atoms with Crippen molar-refractivity contribution in [1.82, 2.24) is 4.81 Å². The standard InChI is InChI=1S/C3H9BN2/c1-6(4)3-2-5/h2-3,5H2,1H3. The fourth-order valence-electron chi connectivity index (χ4n) is 0.204. The van der Waals surface area contributed by atoms with E-state index in [9.17, 15) is 0 Å². The van der Waals surface area contributed by atoms with Crippen molar-refractivity contribution in [1.29, 1.82) is 0 Å². The molecule has 0 saturated carbocycles. The van der Waals surface area contributed by atoms with Crippen LogP contribution in [0.4, 0.5) is 0 Å². The maximum atomic E-state index is 5.16. The third-order valence-corrected chi connectivity index (χ3v) is 0.482. The zero-order valence-electron chi connectivity index (χ0n) is 4.02. The first kappa shape index (κ1) is 5.98. The van der Waals surface area contributed by atoms with Gasteiger partial charge in [0.25, 0.3) is 0 Å². The molecule has 0 heterocycles. The Morgan fingerprint density at radius 3 is 2.33 bits per heavy atom. The lowest BCUT2D eigenvalue weighted by Crippen LogP contribution is -2.22. The molecule has 2 N–H and O–H groups in total. The molecule has 0 rings (SSSR count). The van der Waals surface area contributed by atoms with E-state index >= 15 is 0 Å². The average molecular weight is 83.9 g/mol. The molecular weight excluding hydrogens is 74.9 g/mol. The van der Waals surface area contributed by atoms with Crippen molar-refractivity contribution in [2.45, 2.75) is 0 Å². The highest BCUT2D eigenvalue weighted by Gasteiger charge is 1.79. The molecule has 0 aromatic rings. The van der Waals surface area contributed by atoms with Crippen molar-refractivity contribution in [2.24, 2.45) is 5.73 Å². The van der Waals surface area contributed by atoms with Crippen molar-refractivity contribution in [3.63, 3.8) is 0 Å². The van der Waals surface area contributed by atoms with Crippen LogP contribution in [0.1, 0.15) is 0 Å². The van der Waals surface area contributed by atoms with Gasteiger partial charge >= 0.3 is 0 Å². The first-order chi connectivity index (χ1) is 2.77. The summed E-state index contributed by atoms with van der Waals surface area (Å²) in [5, 5.41) is 0. The SMILES string of the molecule is [B]N(C)CCN. The molecule has 0 aromatic carbocycles. The summed E-state index contributed by atoms with van der Waals surface area (Å²) in [5.74, 6) is 0. The molecule has 0 unspecified atom stereocenters. The van der Waals surface area contributed by atoms with E-state index in [0.717, 1.165) is 6.54 Å². The molecule has 0 atom stereocenters. The zero-order valence-corrected chi connectivity index (χ0v) is 4.02. The minimum Gasteiger partial charge on any atom is -0.355 e. The van der Waals surface area contributed by atoms with Gasteiger partial charge in [0.1, 0.15) is 0 Å². The van der Waals surface area contributed by atoms with Crippen LogP contribution in [0, 0.1) is 0 Å². The summed E-state index contributed by atoms with van der Waals surface area (Å²) < 4.78 is 0. The number of hydrogen-bond donors (Lipinski definition) is 1. The van der Waals surface area contributed by atoms with Gasteiger partial charge in [-0.05, 0) is 13.6 Å². The Labute approximate surface area is 39.7 Å². The second-order valence-electron chi connectivity index (χ2n) is 1.27. The smallest absolute Gasteiger partial charge is 0.182 e. The number of likely N-dealkylation sites (N-methyl/N-ethyl adjacent to an activating group) is 1. The van der Waals surface area contributed by atoms with E-state index in [1.165, 1.54) is 0 Å². The molecule has 0 aliphatic rings. The molecule has 0 spiro atoms. The highest BCUT2D eigenvalue weighted by atomic mass is 15.0. The quantitative estimate of drug-likeness (QED) is 0.433. The molecular formula is C3H9BN2. The summed E-state index contributed by atoms with van der Waals surface area (Å²) in [7, 11) is 6.94. The Hall–Kier alpha value is -0.0151. The number of hydrogen-bond acceptors (Lipinski definition) is 2. The van der Waals surface area contributed by atoms with Gasteiger partial charge in [-0.15, -0.1) is 0 Å². The Morgan fingerprint density at radius 1 is 1.83 bits per heavy atom. The maximum Gasteiger partial charge on any atom is 0.182 e. The van der Waals surface area contributed by atoms with Crippen molar-refractivity contribution in [3.05, 3.63) is 0 Å². The van der Waals surface area contributed by atoms with Gasteiger partial charge in [-0.3, -0.25) is 0 Å². The largest absolute Gasteiger partial charge is 0.355 e. The van der Waals surface area contributed by atoms with Crippen LogP contribution in [-0.4, -0.2) is 32.9 Å². The summed E-state index contributed by atoms with van der Waals surface area (Å²) in [6.07, 6.45) is 0. The normalized spacial score (nSPS) is 9.83. The van der Waals surface area contributed by atoms with Crippen LogP contribution >= 0.6 is 0 Å². The Balaban J connectivity index is 2.63. The molecule has 2 radical (unpaired) electrons. The van der Waals surface area contributed by atoms with E-state index in [0.29, 0.717) is 6.54 Å². The molecule has 0 bridgehead atoms. The first-order valence-electron chi connectivity index (χ1n) is 1.93. The second-order valence-corrected chi connectivity index (χ2v) is 1.27. The van der Waals surface area contributed by atoms with Gasteiger partial charge in [-0.1, -0.05) is 0 Å². The molecule has 34 valence electrons. The maximum absolute atomic E-state index is 5.16. The van der Waals surface area contributed by atoms with Crippen LogP contribution in [0.5, 0.6) is 0 Å². The van der Waals surface area contributed by atoms with Gasteiger partial charge in [-0.25, -0.2) is 0 Å². The highest BCUT2D eigenvalue weighted by Crippen LogP contribution is 1.62. The number of nitrogens with zero attached hydrogens (tertiary/aromatic N) is 1. The van der Waals surface area contributed by atoms with Crippen LogP contribution < -0.4 is 5.73 Å². The summed E-state index contributed by atoms with van der Waals surface area (Å²) in [4.78, 5) is 1.56. The Kier molecular flexibility index (Phi) is 3.18. The van der Waals surface area contributed by atoms with E-state index in [1.807, 2.05) is 0 Å². The summed E-state index contributed by atoms with van der Waals surface area (Å²) in [6.45, 7) is 1.40. The van der Waals surface area contributed by atoms with Crippen LogP contribution in [0.3, 0.4) is 0 Å². The molecule has 0 aliphatic heterocycles. The minimum absolute atomic E-state index is 0.632. The molecule has 0 saturated heterocycles. The Morgan fingerprint density at radius 2 is 2.33 bits per heavy atom. The average Bonchev–Trinajstić information content (AvgIpc) is 1.35. The molecule has 0 aromatic heterocycles. The lowest BCUT2D eigenvalue weighted by molar-refractivity contribution is 0.557. The molecule has 0 aliphatic carbocycles. The fourth-order valence-corrected chi connectivity index (χ4v) is 0.204. The van der Waals surface area contributed by atoms with Gasteiger partial charge < -0.3 is 10.5 Å². The van der Waals surface area contributed by atoms with Crippen LogP contribution in [0.25, 0.3) is 0 Å². The predicted octanol–water partition coefficient (Wildman–Crippen LogP) is -1.04.